The third kappa shape index (κ3) is 5.51. The zero-order chi connectivity index (χ0) is 24.8. The summed E-state index contributed by atoms with van der Waals surface area (Å²) in [5.41, 5.74) is 5.11. The van der Waals surface area contributed by atoms with Crippen LogP contribution in [0.15, 0.2) is 61.1 Å². The van der Waals surface area contributed by atoms with Gasteiger partial charge >= 0.3 is 12.1 Å². The van der Waals surface area contributed by atoms with Gasteiger partial charge in [-0.1, -0.05) is 48.5 Å². The number of rotatable bonds is 10. The number of imidazole rings is 1. The van der Waals surface area contributed by atoms with Crippen LogP contribution in [0.3, 0.4) is 0 Å². The van der Waals surface area contributed by atoms with E-state index in [1.54, 1.807) is 13.1 Å². The number of carbonyl (C=O) groups excluding carboxylic acids is 2. The average molecular weight is 477 g/mol. The lowest BCUT2D eigenvalue weighted by Gasteiger charge is -2.26. The summed E-state index contributed by atoms with van der Waals surface area (Å²) in [4.78, 5) is 45.3. The minimum Gasteiger partial charge on any atom is -0.481 e. The first-order chi connectivity index (χ1) is 17.0. The zero-order valence-corrected chi connectivity index (χ0v) is 19.4. The van der Waals surface area contributed by atoms with Gasteiger partial charge in [-0.2, -0.15) is 0 Å². The molecular formula is C26H28N4O5. The summed E-state index contributed by atoms with van der Waals surface area (Å²) >= 11 is 0. The van der Waals surface area contributed by atoms with E-state index in [0.29, 0.717) is 12.2 Å². The molecule has 1 aliphatic rings. The van der Waals surface area contributed by atoms with Crippen LogP contribution in [0.5, 0.6) is 0 Å². The second-order valence-corrected chi connectivity index (χ2v) is 8.37. The Morgan fingerprint density at radius 1 is 1.11 bits per heavy atom. The first-order valence-corrected chi connectivity index (χ1v) is 11.6. The standard InChI is InChI=1S/C26H28N4O5/c1-2-30(12-11-24(31)32)25(33)23(13-17-14-27-16-28-17)29-26(34)35-15-22-20-9-5-3-7-18(20)19-8-4-6-10-21(19)22/h3-10,14,16,22-23H,2,11-13,15H2,1H3,(H,27,28)(H,29,34)(H,31,32)/t23-/m0/s1. The maximum absolute atomic E-state index is 13.2. The molecule has 1 aromatic heterocycles. The quantitative estimate of drug-likeness (QED) is 0.413. The van der Waals surface area contributed by atoms with Crippen molar-refractivity contribution in [1.29, 1.82) is 0 Å². The van der Waals surface area contributed by atoms with E-state index in [-0.39, 0.29) is 37.8 Å². The predicted octanol–water partition coefficient (Wildman–Crippen LogP) is 3.18. The number of benzene rings is 2. The molecule has 2 aromatic carbocycles. The molecule has 0 saturated heterocycles. The number of aliphatic carboxylic acids is 1. The van der Waals surface area contributed by atoms with Crippen molar-refractivity contribution in [3.8, 4) is 11.1 Å². The van der Waals surface area contributed by atoms with Gasteiger partial charge in [0.05, 0.1) is 12.7 Å². The molecule has 182 valence electrons. The lowest BCUT2D eigenvalue weighted by molar-refractivity contribution is -0.139. The number of carboxylic acids is 1. The van der Waals surface area contributed by atoms with E-state index in [1.165, 1.54) is 11.2 Å². The van der Waals surface area contributed by atoms with E-state index >= 15 is 0 Å². The lowest BCUT2D eigenvalue weighted by atomic mass is 9.98. The number of alkyl carbamates (subject to hydrolysis) is 1. The Morgan fingerprint density at radius 3 is 2.34 bits per heavy atom. The van der Waals surface area contributed by atoms with Crippen LogP contribution in [0.1, 0.15) is 36.1 Å². The highest BCUT2D eigenvalue weighted by Gasteiger charge is 2.31. The maximum atomic E-state index is 13.2. The van der Waals surface area contributed by atoms with Crippen molar-refractivity contribution in [3.63, 3.8) is 0 Å². The van der Waals surface area contributed by atoms with Crippen molar-refractivity contribution >= 4 is 18.0 Å². The van der Waals surface area contributed by atoms with E-state index in [1.807, 2.05) is 36.4 Å². The number of fused-ring (bicyclic) bond motifs is 3. The summed E-state index contributed by atoms with van der Waals surface area (Å²) in [5.74, 6) is -1.47. The number of likely N-dealkylation sites (N-methyl/N-ethyl adjacent to an activating group) is 1. The Labute approximate surface area is 203 Å². The molecule has 2 amide bonds. The van der Waals surface area contributed by atoms with Gasteiger partial charge in [0, 0.05) is 37.3 Å². The Morgan fingerprint density at radius 2 is 1.77 bits per heavy atom. The van der Waals surface area contributed by atoms with Crippen molar-refractivity contribution in [2.45, 2.75) is 31.7 Å². The van der Waals surface area contributed by atoms with Crippen LogP contribution in [0, 0.1) is 0 Å². The van der Waals surface area contributed by atoms with Crippen LogP contribution >= 0.6 is 0 Å². The van der Waals surface area contributed by atoms with Crippen molar-refractivity contribution in [1.82, 2.24) is 20.2 Å². The van der Waals surface area contributed by atoms with Crippen molar-refractivity contribution in [3.05, 3.63) is 77.9 Å². The molecule has 0 spiro atoms. The number of ether oxygens (including phenoxy) is 1. The molecule has 1 atom stereocenters. The number of H-pyrrole nitrogens is 1. The summed E-state index contributed by atoms with van der Waals surface area (Å²) < 4.78 is 5.61. The number of aromatic amines is 1. The first kappa shape index (κ1) is 24.0. The molecule has 1 heterocycles. The van der Waals surface area contributed by atoms with Crippen LogP contribution in [0.25, 0.3) is 11.1 Å². The van der Waals surface area contributed by atoms with Gasteiger partial charge in [0.2, 0.25) is 5.91 Å². The Kier molecular flexibility index (Phi) is 7.45. The molecule has 0 aliphatic heterocycles. The Bertz CT molecular complexity index is 1150. The van der Waals surface area contributed by atoms with Crippen molar-refractivity contribution < 1.29 is 24.2 Å². The van der Waals surface area contributed by atoms with Gasteiger partial charge in [-0.25, -0.2) is 9.78 Å². The number of aromatic nitrogens is 2. The molecule has 3 N–H and O–H groups in total. The van der Waals surface area contributed by atoms with Gasteiger partial charge in [-0.3, -0.25) is 9.59 Å². The molecule has 9 nitrogen and oxygen atoms in total. The normalized spacial score (nSPS) is 12.9. The summed E-state index contributed by atoms with van der Waals surface area (Å²) in [6.45, 7) is 2.26. The molecule has 9 heteroatoms. The van der Waals surface area contributed by atoms with Crippen molar-refractivity contribution in [2.75, 3.05) is 19.7 Å². The zero-order valence-electron chi connectivity index (χ0n) is 19.4. The third-order valence-corrected chi connectivity index (χ3v) is 6.20. The number of amides is 2. The van der Waals surface area contributed by atoms with Gasteiger partial charge in [0.1, 0.15) is 12.6 Å². The topological polar surface area (TPSA) is 125 Å². The number of carbonyl (C=O) groups is 3. The molecule has 0 unspecified atom stereocenters. The van der Waals surface area contributed by atoms with E-state index in [2.05, 4.69) is 27.4 Å². The van der Waals surface area contributed by atoms with Gasteiger partial charge in [0.25, 0.3) is 0 Å². The van der Waals surface area contributed by atoms with Crippen LogP contribution in [0.4, 0.5) is 4.79 Å². The number of nitrogens with zero attached hydrogens (tertiary/aromatic N) is 2. The molecule has 0 saturated carbocycles. The van der Waals surface area contributed by atoms with E-state index in [9.17, 15) is 14.4 Å². The Hall–Kier alpha value is -4.14. The SMILES string of the molecule is CCN(CCC(=O)O)C(=O)[C@H](Cc1cnc[nH]1)NC(=O)OCC1c2ccccc2-c2ccccc21. The van der Waals surface area contributed by atoms with E-state index < -0.39 is 18.1 Å². The number of nitrogens with one attached hydrogen (secondary N) is 2. The van der Waals surface area contributed by atoms with Crippen LogP contribution in [-0.4, -0.2) is 63.7 Å². The highest BCUT2D eigenvalue weighted by atomic mass is 16.5. The van der Waals surface area contributed by atoms with Crippen molar-refractivity contribution in [2.24, 2.45) is 0 Å². The minimum absolute atomic E-state index is 0.0521. The molecule has 4 rings (SSSR count). The number of hydrogen-bond donors (Lipinski definition) is 3. The summed E-state index contributed by atoms with van der Waals surface area (Å²) in [6, 6.07) is 15.2. The van der Waals surface area contributed by atoms with E-state index in [4.69, 9.17) is 9.84 Å². The Balaban J connectivity index is 1.45. The first-order valence-electron chi connectivity index (χ1n) is 11.6. The van der Waals surface area contributed by atoms with Gasteiger partial charge in [0.15, 0.2) is 0 Å². The molecule has 0 fully saturated rings. The average Bonchev–Trinajstić information content (AvgIpc) is 3.48. The second-order valence-electron chi connectivity index (χ2n) is 8.37. The van der Waals surface area contributed by atoms with Gasteiger partial charge < -0.3 is 25.0 Å². The number of carboxylic acid groups (broad SMARTS) is 1. The molecular weight excluding hydrogens is 448 g/mol. The molecule has 0 bridgehead atoms. The van der Waals surface area contributed by atoms with Gasteiger partial charge in [-0.05, 0) is 29.2 Å². The van der Waals surface area contributed by atoms with E-state index in [0.717, 1.165) is 22.3 Å². The monoisotopic (exact) mass is 476 g/mol. The van der Waals surface area contributed by atoms with Crippen LogP contribution in [-0.2, 0) is 20.7 Å². The predicted molar refractivity (Wildman–Crippen MR) is 129 cm³/mol. The summed E-state index contributed by atoms with van der Waals surface area (Å²) in [6.07, 6.45) is 2.35. The fourth-order valence-corrected chi connectivity index (χ4v) is 4.47. The molecule has 3 aromatic rings. The fourth-order valence-electron chi connectivity index (χ4n) is 4.47. The molecule has 35 heavy (non-hydrogen) atoms. The lowest BCUT2D eigenvalue weighted by Crippen LogP contribution is -2.50. The smallest absolute Gasteiger partial charge is 0.407 e. The van der Waals surface area contributed by atoms with Gasteiger partial charge in [-0.15, -0.1) is 0 Å². The van der Waals surface area contributed by atoms with Crippen LogP contribution in [0.2, 0.25) is 0 Å². The molecule has 0 radical (unpaired) electrons. The highest BCUT2D eigenvalue weighted by molar-refractivity contribution is 5.86. The van der Waals surface area contributed by atoms with Crippen LogP contribution < -0.4 is 5.32 Å². The largest absolute Gasteiger partial charge is 0.481 e. The maximum Gasteiger partial charge on any atom is 0.407 e. The fraction of sp³-hybridized carbons (Fsp3) is 0.308. The summed E-state index contributed by atoms with van der Waals surface area (Å²) in [5, 5.41) is 11.7. The molecule has 1 aliphatic carbocycles. The highest BCUT2D eigenvalue weighted by Crippen LogP contribution is 2.44. The minimum atomic E-state index is -0.995. The third-order valence-electron chi connectivity index (χ3n) is 6.20. The second kappa shape index (κ2) is 10.9. The summed E-state index contributed by atoms with van der Waals surface area (Å²) in [7, 11) is 0. The number of hydrogen-bond acceptors (Lipinski definition) is 5.